The van der Waals surface area contributed by atoms with Crippen LogP contribution in [0.4, 0.5) is 13.2 Å². The van der Waals surface area contributed by atoms with Crippen LogP contribution in [0, 0.1) is 0 Å². The third kappa shape index (κ3) is 10.0. The quantitative estimate of drug-likeness (QED) is 0.281. The first-order valence-corrected chi connectivity index (χ1v) is 11.7. The summed E-state index contributed by atoms with van der Waals surface area (Å²) in [6.45, 7) is 5.74. The molecule has 0 spiro atoms. The Morgan fingerprint density at radius 2 is 2.12 bits per heavy atom. The Bertz CT molecular complexity index is 1060. The van der Waals surface area contributed by atoms with Gasteiger partial charge in [-0.05, 0) is 30.0 Å². The molecule has 2 heterocycles. The number of hydrogen-bond acceptors (Lipinski definition) is 5. The maximum atomic E-state index is 12.5. The molecule has 33 heavy (non-hydrogen) atoms. The number of nitrogens with zero attached hydrogens (tertiary/aromatic N) is 2. The summed E-state index contributed by atoms with van der Waals surface area (Å²) in [4.78, 5) is 29.1. The van der Waals surface area contributed by atoms with Crippen molar-refractivity contribution < 1.29 is 27.5 Å². The van der Waals surface area contributed by atoms with E-state index >= 15 is 0 Å². The SMILES string of the molecule is C=C/C=C(\C=C/Cc1csc(=NC(=O)Cc2cccs2)n1CCCNC(C)=O)OC(F)(F)F. The second-order valence-electron chi connectivity index (χ2n) is 6.72. The minimum Gasteiger partial charge on any atom is -0.406 e. The lowest BCUT2D eigenvalue weighted by Crippen LogP contribution is -2.25. The highest BCUT2D eigenvalue weighted by Crippen LogP contribution is 2.21. The van der Waals surface area contributed by atoms with Gasteiger partial charge in [0.25, 0.3) is 5.91 Å². The Morgan fingerprint density at radius 1 is 1.33 bits per heavy atom. The van der Waals surface area contributed by atoms with Crippen molar-refractivity contribution in [3.8, 4) is 0 Å². The zero-order chi connectivity index (χ0) is 24.3. The lowest BCUT2D eigenvalue weighted by molar-refractivity contribution is -0.303. The fraction of sp³-hybridized carbons (Fsp3) is 0.318. The van der Waals surface area contributed by atoms with E-state index in [4.69, 9.17) is 0 Å². The standard InChI is InChI=1S/C22H24F3N3O3S2/c1-3-7-18(31-22(23,24)25)9-4-8-17-15-33-21(28(17)12-6-11-26-16(2)29)27-20(30)14-19-10-5-13-32-19/h3-5,7,9-10,13,15H,1,6,8,11-12,14H2,2H3,(H,26,29)/b9-4-,18-7+,27-21?. The highest BCUT2D eigenvalue weighted by atomic mass is 32.1. The third-order valence-electron chi connectivity index (χ3n) is 4.06. The van der Waals surface area contributed by atoms with E-state index in [2.05, 4.69) is 21.6 Å². The topological polar surface area (TPSA) is 72.7 Å². The number of carbonyl (C=O) groups is 2. The second kappa shape index (κ2) is 12.9. The molecule has 0 bridgehead atoms. The van der Waals surface area contributed by atoms with Gasteiger partial charge in [0.2, 0.25) is 5.91 Å². The molecule has 0 aromatic carbocycles. The summed E-state index contributed by atoms with van der Waals surface area (Å²) in [6.07, 6.45) is 1.34. The first kappa shape index (κ1) is 26.3. The maximum Gasteiger partial charge on any atom is 0.573 e. The number of carbonyl (C=O) groups excluding carboxylic acids is 2. The summed E-state index contributed by atoms with van der Waals surface area (Å²) < 4.78 is 43.4. The predicted molar refractivity (Wildman–Crippen MR) is 122 cm³/mol. The van der Waals surface area contributed by atoms with Crippen molar-refractivity contribution in [1.29, 1.82) is 0 Å². The summed E-state index contributed by atoms with van der Waals surface area (Å²) in [7, 11) is 0. The van der Waals surface area contributed by atoms with Crippen LogP contribution in [-0.4, -0.2) is 29.3 Å². The van der Waals surface area contributed by atoms with E-state index < -0.39 is 6.36 Å². The monoisotopic (exact) mass is 499 g/mol. The Labute approximate surface area is 197 Å². The van der Waals surface area contributed by atoms with E-state index in [-0.39, 0.29) is 24.0 Å². The molecule has 2 amide bonds. The fourth-order valence-corrected chi connectivity index (χ4v) is 4.39. The van der Waals surface area contributed by atoms with Gasteiger partial charge in [-0.1, -0.05) is 24.8 Å². The highest BCUT2D eigenvalue weighted by Gasteiger charge is 2.31. The number of rotatable bonds is 11. The van der Waals surface area contributed by atoms with Gasteiger partial charge >= 0.3 is 6.36 Å². The summed E-state index contributed by atoms with van der Waals surface area (Å²) in [5.74, 6) is -0.816. The van der Waals surface area contributed by atoms with Crippen LogP contribution in [0.2, 0.25) is 0 Å². The number of thiazole rings is 1. The van der Waals surface area contributed by atoms with Crippen LogP contribution in [0.3, 0.4) is 0 Å². The van der Waals surface area contributed by atoms with Crippen LogP contribution in [0.25, 0.3) is 0 Å². The molecule has 0 saturated heterocycles. The fourth-order valence-electron chi connectivity index (χ4n) is 2.73. The first-order chi connectivity index (χ1) is 15.7. The third-order valence-corrected chi connectivity index (χ3v) is 5.85. The van der Waals surface area contributed by atoms with Crippen molar-refractivity contribution in [1.82, 2.24) is 9.88 Å². The van der Waals surface area contributed by atoms with Gasteiger partial charge in [-0.15, -0.1) is 35.8 Å². The van der Waals surface area contributed by atoms with E-state index in [0.29, 0.717) is 30.7 Å². The predicted octanol–water partition coefficient (Wildman–Crippen LogP) is 4.51. The molecule has 1 N–H and O–H groups in total. The Kier molecular flexibility index (Phi) is 10.3. The number of halogens is 3. The van der Waals surface area contributed by atoms with Gasteiger partial charge in [0.1, 0.15) is 5.76 Å². The second-order valence-corrected chi connectivity index (χ2v) is 8.59. The number of alkyl halides is 3. The largest absolute Gasteiger partial charge is 0.573 e. The Hall–Kier alpha value is -2.92. The van der Waals surface area contributed by atoms with Gasteiger partial charge < -0.3 is 14.6 Å². The zero-order valence-corrected chi connectivity index (χ0v) is 19.6. The number of allylic oxidation sites excluding steroid dienone is 4. The number of hydrogen-bond donors (Lipinski definition) is 1. The summed E-state index contributed by atoms with van der Waals surface area (Å²) in [5.41, 5.74) is 0.770. The minimum atomic E-state index is -4.81. The van der Waals surface area contributed by atoms with Crippen LogP contribution >= 0.6 is 22.7 Å². The molecule has 0 atom stereocenters. The molecule has 0 aliphatic carbocycles. The number of thiophene rings is 1. The molecule has 0 unspecified atom stereocenters. The number of ether oxygens (including phenoxy) is 1. The summed E-state index contributed by atoms with van der Waals surface area (Å²) >= 11 is 2.75. The molecule has 0 fully saturated rings. The minimum absolute atomic E-state index is 0.143. The average molecular weight is 500 g/mol. The van der Waals surface area contributed by atoms with Gasteiger partial charge in [-0.3, -0.25) is 9.59 Å². The van der Waals surface area contributed by atoms with E-state index in [1.807, 2.05) is 27.5 Å². The van der Waals surface area contributed by atoms with Gasteiger partial charge in [0.15, 0.2) is 4.80 Å². The van der Waals surface area contributed by atoms with Crippen LogP contribution in [0.15, 0.2) is 64.5 Å². The lowest BCUT2D eigenvalue weighted by atomic mass is 10.2. The van der Waals surface area contributed by atoms with Gasteiger partial charge in [0.05, 0.1) is 6.42 Å². The van der Waals surface area contributed by atoms with Crippen molar-refractivity contribution in [2.45, 2.75) is 39.1 Å². The molecule has 0 aliphatic heterocycles. The van der Waals surface area contributed by atoms with E-state index in [9.17, 15) is 22.8 Å². The number of aromatic nitrogens is 1. The molecule has 2 rings (SSSR count). The van der Waals surface area contributed by atoms with Crippen LogP contribution in [0.5, 0.6) is 0 Å². The van der Waals surface area contributed by atoms with Crippen molar-refractivity contribution in [2.75, 3.05) is 6.54 Å². The van der Waals surface area contributed by atoms with Gasteiger partial charge in [-0.25, -0.2) is 0 Å². The van der Waals surface area contributed by atoms with Crippen molar-refractivity contribution in [2.24, 2.45) is 4.99 Å². The van der Waals surface area contributed by atoms with Crippen LogP contribution in [-0.2, 0) is 33.7 Å². The van der Waals surface area contributed by atoms with Crippen molar-refractivity contribution in [3.05, 3.63) is 74.9 Å². The molecule has 2 aromatic rings. The van der Waals surface area contributed by atoms with E-state index in [1.165, 1.54) is 47.8 Å². The molecule has 178 valence electrons. The number of amides is 2. The first-order valence-electron chi connectivity index (χ1n) is 9.94. The highest BCUT2D eigenvalue weighted by molar-refractivity contribution is 7.10. The zero-order valence-electron chi connectivity index (χ0n) is 17.9. The summed E-state index contributed by atoms with van der Waals surface area (Å²) in [6, 6.07) is 3.73. The molecular weight excluding hydrogens is 475 g/mol. The molecule has 2 aromatic heterocycles. The smallest absolute Gasteiger partial charge is 0.406 e. The summed E-state index contributed by atoms with van der Waals surface area (Å²) in [5, 5.41) is 6.41. The molecular formula is C22H24F3N3O3S2. The Balaban J connectivity index is 2.20. The molecule has 0 saturated carbocycles. The van der Waals surface area contributed by atoms with E-state index in [0.717, 1.165) is 16.6 Å². The van der Waals surface area contributed by atoms with Gasteiger partial charge in [0, 0.05) is 42.4 Å². The molecule has 0 radical (unpaired) electrons. The lowest BCUT2D eigenvalue weighted by Gasteiger charge is -2.10. The normalized spacial score (nSPS) is 12.8. The molecule has 11 heteroatoms. The van der Waals surface area contributed by atoms with Crippen molar-refractivity contribution >= 4 is 34.5 Å². The van der Waals surface area contributed by atoms with Crippen LogP contribution in [0.1, 0.15) is 23.9 Å². The Morgan fingerprint density at radius 3 is 2.76 bits per heavy atom. The average Bonchev–Trinajstić information content (AvgIpc) is 3.34. The van der Waals surface area contributed by atoms with Gasteiger partial charge in [-0.2, -0.15) is 4.99 Å². The number of nitrogens with one attached hydrogen (secondary N) is 1. The van der Waals surface area contributed by atoms with E-state index in [1.54, 1.807) is 0 Å². The van der Waals surface area contributed by atoms with Crippen LogP contribution < -0.4 is 10.1 Å². The molecule has 0 aliphatic rings. The molecule has 6 nitrogen and oxygen atoms in total. The van der Waals surface area contributed by atoms with Crippen molar-refractivity contribution in [3.63, 3.8) is 0 Å². The maximum absolute atomic E-state index is 12.5.